The van der Waals surface area contributed by atoms with Gasteiger partial charge in [0.25, 0.3) is 0 Å². The lowest BCUT2D eigenvalue weighted by Crippen LogP contribution is -2.21. The second-order valence-corrected chi connectivity index (χ2v) is 3.71. The molecular formula is C11H18N2O2. The first-order valence-corrected chi connectivity index (χ1v) is 5.06. The number of aromatic nitrogens is 1. The third-order valence-electron chi connectivity index (χ3n) is 2.06. The number of hydrogen-bond acceptors (Lipinski definition) is 4. The molecule has 0 saturated heterocycles. The van der Waals surface area contributed by atoms with Crippen molar-refractivity contribution in [3.05, 3.63) is 18.3 Å². The molecule has 4 heteroatoms. The van der Waals surface area contributed by atoms with E-state index in [2.05, 4.69) is 10.3 Å². The molecule has 0 bridgehead atoms. The number of nitrogens with one attached hydrogen (secondary N) is 1. The van der Waals surface area contributed by atoms with Gasteiger partial charge in [-0.05, 0) is 32.4 Å². The molecule has 0 saturated carbocycles. The van der Waals surface area contributed by atoms with Gasteiger partial charge in [0, 0.05) is 6.04 Å². The number of ether oxygens (including phenoxy) is 1. The molecule has 1 heterocycles. The number of rotatable bonds is 5. The highest BCUT2D eigenvalue weighted by molar-refractivity contribution is 5.38. The Bertz CT molecular complexity index is 285. The zero-order chi connectivity index (χ0) is 11.3. The molecule has 2 unspecified atom stereocenters. The Hall–Kier alpha value is -1.29. The molecule has 2 N–H and O–H groups in total. The molecule has 0 radical (unpaired) electrons. The Morgan fingerprint density at radius 1 is 1.47 bits per heavy atom. The smallest absolute Gasteiger partial charge is 0.137 e. The highest BCUT2D eigenvalue weighted by Crippen LogP contribution is 2.13. The van der Waals surface area contributed by atoms with Gasteiger partial charge in [-0.3, -0.25) is 0 Å². The Kier molecular flexibility index (Phi) is 4.37. The molecule has 1 rings (SSSR count). The van der Waals surface area contributed by atoms with Gasteiger partial charge in [-0.15, -0.1) is 0 Å². The first-order chi connectivity index (χ1) is 7.11. The van der Waals surface area contributed by atoms with E-state index in [1.165, 1.54) is 0 Å². The van der Waals surface area contributed by atoms with Crippen LogP contribution in [0.5, 0.6) is 5.75 Å². The molecule has 0 fully saturated rings. The molecule has 0 aliphatic rings. The molecule has 4 nitrogen and oxygen atoms in total. The number of hydrogen-bond donors (Lipinski definition) is 2. The zero-order valence-electron chi connectivity index (χ0n) is 9.40. The summed E-state index contributed by atoms with van der Waals surface area (Å²) in [5.74, 6) is 1.53. The fourth-order valence-electron chi connectivity index (χ4n) is 1.41. The number of aliphatic hydroxyl groups is 1. The average molecular weight is 210 g/mol. The number of aliphatic hydroxyl groups excluding tert-OH is 1. The Labute approximate surface area is 90.3 Å². The van der Waals surface area contributed by atoms with Crippen molar-refractivity contribution in [3.8, 4) is 5.75 Å². The van der Waals surface area contributed by atoms with E-state index in [1.807, 2.05) is 19.1 Å². The third-order valence-corrected chi connectivity index (χ3v) is 2.06. The van der Waals surface area contributed by atoms with Crippen molar-refractivity contribution in [2.75, 3.05) is 12.4 Å². The largest absolute Gasteiger partial charge is 0.495 e. The van der Waals surface area contributed by atoms with Crippen LogP contribution in [0.2, 0.25) is 0 Å². The molecule has 1 aromatic heterocycles. The first kappa shape index (κ1) is 11.8. The van der Waals surface area contributed by atoms with Gasteiger partial charge >= 0.3 is 0 Å². The zero-order valence-corrected chi connectivity index (χ0v) is 9.40. The minimum absolute atomic E-state index is 0.200. The summed E-state index contributed by atoms with van der Waals surface area (Å²) in [5.41, 5.74) is 0. The number of nitrogens with zero attached hydrogens (tertiary/aromatic N) is 1. The van der Waals surface area contributed by atoms with Crippen LogP contribution in [-0.4, -0.2) is 29.3 Å². The summed E-state index contributed by atoms with van der Waals surface area (Å²) in [6.07, 6.45) is 2.07. The fraction of sp³-hybridized carbons (Fsp3) is 0.545. The lowest BCUT2D eigenvalue weighted by molar-refractivity contribution is 0.179. The molecule has 0 spiro atoms. The van der Waals surface area contributed by atoms with E-state index >= 15 is 0 Å². The van der Waals surface area contributed by atoms with Crippen LogP contribution in [0.4, 0.5) is 5.82 Å². The van der Waals surface area contributed by atoms with Gasteiger partial charge in [-0.1, -0.05) is 0 Å². The monoisotopic (exact) mass is 210 g/mol. The van der Waals surface area contributed by atoms with Crippen molar-refractivity contribution in [3.63, 3.8) is 0 Å². The molecular weight excluding hydrogens is 192 g/mol. The highest BCUT2D eigenvalue weighted by atomic mass is 16.5. The lowest BCUT2D eigenvalue weighted by atomic mass is 10.1. The van der Waals surface area contributed by atoms with Crippen LogP contribution in [0.1, 0.15) is 20.3 Å². The number of pyridine rings is 1. The second-order valence-electron chi connectivity index (χ2n) is 3.71. The van der Waals surface area contributed by atoms with Crippen molar-refractivity contribution in [2.24, 2.45) is 0 Å². The van der Waals surface area contributed by atoms with Crippen molar-refractivity contribution >= 4 is 5.82 Å². The maximum Gasteiger partial charge on any atom is 0.137 e. The van der Waals surface area contributed by atoms with E-state index < -0.39 is 0 Å². The summed E-state index contributed by atoms with van der Waals surface area (Å²) >= 11 is 0. The van der Waals surface area contributed by atoms with Gasteiger partial charge in [0.05, 0.1) is 19.4 Å². The number of anilines is 1. The summed E-state index contributed by atoms with van der Waals surface area (Å²) in [5, 5.41) is 12.4. The highest BCUT2D eigenvalue weighted by Gasteiger charge is 2.06. The minimum Gasteiger partial charge on any atom is -0.495 e. The standard InChI is InChI=1S/C11H18N2O2/c1-8(6-9(2)14)13-11-5-4-10(15-3)7-12-11/h4-5,7-9,14H,6H2,1-3H3,(H,12,13). The summed E-state index contributed by atoms with van der Waals surface area (Å²) < 4.78 is 5.01. The van der Waals surface area contributed by atoms with E-state index in [0.717, 1.165) is 11.6 Å². The molecule has 1 aromatic rings. The average Bonchev–Trinajstić information content (AvgIpc) is 2.17. The summed E-state index contributed by atoms with van der Waals surface area (Å²) in [6, 6.07) is 3.91. The first-order valence-electron chi connectivity index (χ1n) is 5.06. The normalized spacial score (nSPS) is 14.4. The molecule has 0 aromatic carbocycles. The van der Waals surface area contributed by atoms with Crippen LogP contribution in [0, 0.1) is 0 Å². The van der Waals surface area contributed by atoms with Crippen LogP contribution in [0.3, 0.4) is 0 Å². The summed E-state index contributed by atoms with van der Waals surface area (Å²) in [6.45, 7) is 3.79. The third kappa shape index (κ3) is 4.16. The minimum atomic E-state index is -0.300. The van der Waals surface area contributed by atoms with Gasteiger partial charge in [-0.25, -0.2) is 4.98 Å². The predicted octanol–water partition coefficient (Wildman–Crippen LogP) is 1.66. The molecule has 2 atom stereocenters. The SMILES string of the molecule is COc1ccc(NC(C)CC(C)O)nc1. The summed E-state index contributed by atoms with van der Waals surface area (Å²) in [7, 11) is 1.61. The quantitative estimate of drug-likeness (QED) is 0.776. The fourth-order valence-corrected chi connectivity index (χ4v) is 1.41. The Morgan fingerprint density at radius 3 is 2.67 bits per heavy atom. The van der Waals surface area contributed by atoms with Gasteiger partial charge < -0.3 is 15.2 Å². The molecule has 84 valence electrons. The van der Waals surface area contributed by atoms with E-state index in [-0.39, 0.29) is 12.1 Å². The van der Waals surface area contributed by atoms with Crippen LogP contribution in [-0.2, 0) is 0 Å². The van der Waals surface area contributed by atoms with Crippen LogP contribution in [0.25, 0.3) is 0 Å². The Morgan fingerprint density at radius 2 is 2.20 bits per heavy atom. The van der Waals surface area contributed by atoms with Crippen LogP contribution in [0.15, 0.2) is 18.3 Å². The molecule has 0 amide bonds. The van der Waals surface area contributed by atoms with Crippen molar-refractivity contribution in [1.29, 1.82) is 0 Å². The lowest BCUT2D eigenvalue weighted by Gasteiger charge is -2.15. The van der Waals surface area contributed by atoms with E-state index in [9.17, 15) is 5.11 Å². The van der Waals surface area contributed by atoms with Crippen molar-refractivity contribution in [1.82, 2.24) is 4.98 Å². The topological polar surface area (TPSA) is 54.4 Å². The predicted molar refractivity (Wildman–Crippen MR) is 60.2 cm³/mol. The maximum atomic E-state index is 9.20. The van der Waals surface area contributed by atoms with Gasteiger partial charge in [0.2, 0.25) is 0 Å². The van der Waals surface area contributed by atoms with Crippen molar-refractivity contribution < 1.29 is 9.84 Å². The van der Waals surface area contributed by atoms with Gasteiger partial charge in [0.15, 0.2) is 0 Å². The van der Waals surface area contributed by atoms with Gasteiger partial charge in [-0.2, -0.15) is 0 Å². The second kappa shape index (κ2) is 5.56. The maximum absolute atomic E-state index is 9.20. The van der Waals surface area contributed by atoms with Crippen LogP contribution < -0.4 is 10.1 Å². The van der Waals surface area contributed by atoms with Gasteiger partial charge in [0.1, 0.15) is 11.6 Å². The van der Waals surface area contributed by atoms with Crippen molar-refractivity contribution in [2.45, 2.75) is 32.4 Å². The molecule has 15 heavy (non-hydrogen) atoms. The molecule has 0 aliphatic carbocycles. The number of methoxy groups -OCH3 is 1. The van der Waals surface area contributed by atoms with E-state index in [4.69, 9.17) is 4.74 Å². The summed E-state index contributed by atoms with van der Waals surface area (Å²) in [4.78, 5) is 4.18. The van der Waals surface area contributed by atoms with Crippen LogP contribution >= 0.6 is 0 Å². The molecule has 0 aliphatic heterocycles. The van der Waals surface area contributed by atoms with E-state index in [1.54, 1.807) is 20.2 Å². The van der Waals surface area contributed by atoms with E-state index in [0.29, 0.717) is 6.42 Å². The Balaban J connectivity index is 2.49.